The molecule has 0 radical (unpaired) electrons. The fraction of sp³-hybridized carbons (Fsp3) is 0.538. The molecule has 8 heteroatoms. The first kappa shape index (κ1) is 13.9. The highest BCUT2D eigenvalue weighted by atomic mass is 15.4. The smallest absolute Gasteiger partial charge is 0.225 e. The van der Waals surface area contributed by atoms with Gasteiger partial charge in [0.15, 0.2) is 0 Å². The molecule has 0 atom stereocenters. The average Bonchev–Trinajstić information content (AvgIpc) is 2.97. The Morgan fingerprint density at radius 3 is 2.57 bits per heavy atom. The second-order valence-corrected chi connectivity index (χ2v) is 5.07. The van der Waals surface area contributed by atoms with E-state index in [1.54, 1.807) is 17.1 Å². The highest BCUT2D eigenvalue weighted by molar-refractivity contribution is 5.29. The van der Waals surface area contributed by atoms with E-state index in [-0.39, 0.29) is 0 Å². The van der Waals surface area contributed by atoms with Crippen LogP contribution in [0.3, 0.4) is 0 Å². The monoisotopic (exact) mass is 288 g/mol. The highest BCUT2D eigenvalue weighted by Gasteiger charge is 2.19. The van der Waals surface area contributed by atoms with Crippen LogP contribution in [0.15, 0.2) is 24.7 Å². The van der Waals surface area contributed by atoms with Crippen LogP contribution in [0.2, 0.25) is 0 Å². The van der Waals surface area contributed by atoms with Crippen molar-refractivity contribution in [2.24, 2.45) is 5.73 Å². The maximum Gasteiger partial charge on any atom is 0.225 e. The van der Waals surface area contributed by atoms with Crippen LogP contribution in [0.1, 0.15) is 5.69 Å². The first-order chi connectivity index (χ1) is 10.3. The molecule has 21 heavy (non-hydrogen) atoms. The fourth-order valence-electron chi connectivity index (χ4n) is 2.44. The lowest BCUT2D eigenvalue weighted by atomic mass is 10.3. The summed E-state index contributed by atoms with van der Waals surface area (Å²) in [6.07, 6.45) is 5.54. The summed E-state index contributed by atoms with van der Waals surface area (Å²) in [5.74, 6) is 0.811. The van der Waals surface area contributed by atoms with E-state index in [0.717, 1.165) is 44.4 Å². The molecule has 2 aromatic heterocycles. The molecule has 0 amide bonds. The molecule has 0 unspecified atom stereocenters. The van der Waals surface area contributed by atoms with E-state index in [4.69, 9.17) is 5.73 Å². The van der Waals surface area contributed by atoms with Crippen molar-refractivity contribution in [3.8, 4) is 0 Å². The van der Waals surface area contributed by atoms with Crippen molar-refractivity contribution in [3.05, 3.63) is 30.4 Å². The summed E-state index contributed by atoms with van der Waals surface area (Å²) in [6, 6.07) is 1.84. The number of nitrogens with zero attached hydrogens (tertiary/aromatic N) is 7. The average molecular weight is 288 g/mol. The molecule has 0 aliphatic carbocycles. The van der Waals surface area contributed by atoms with Gasteiger partial charge in [-0.15, -0.1) is 5.10 Å². The molecule has 3 heterocycles. The van der Waals surface area contributed by atoms with Gasteiger partial charge in [0, 0.05) is 57.9 Å². The zero-order chi connectivity index (χ0) is 14.5. The molecule has 2 aromatic rings. The number of hydrogen-bond donors (Lipinski definition) is 1. The minimum atomic E-state index is 0.582. The minimum Gasteiger partial charge on any atom is -0.338 e. The minimum absolute atomic E-state index is 0.582. The van der Waals surface area contributed by atoms with Gasteiger partial charge in [0.25, 0.3) is 0 Å². The maximum atomic E-state index is 5.51. The van der Waals surface area contributed by atoms with E-state index in [9.17, 15) is 0 Å². The normalized spacial score (nSPS) is 16.3. The van der Waals surface area contributed by atoms with Crippen molar-refractivity contribution in [3.63, 3.8) is 0 Å². The van der Waals surface area contributed by atoms with E-state index in [1.807, 2.05) is 12.3 Å². The third-order valence-electron chi connectivity index (χ3n) is 3.54. The Labute approximate surface area is 123 Å². The predicted molar refractivity (Wildman–Crippen MR) is 78.6 cm³/mol. The molecule has 0 saturated carbocycles. The quantitative estimate of drug-likeness (QED) is 0.782. The SMILES string of the molecule is NCCn1cc(CN2CCN(c3ncccn3)CC2)nn1. The van der Waals surface area contributed by atoms with Crippen LogP contribution in [-0.4, -0.2) is 62.6 Å². The molecule has 2 N–H and O–H groups in total. The first-order valence-corrected chi connectivity index (χ1v) is 7.18. The van der Waals surface area contributed by atoms with Crippen LogP contribution in [0.5, 0.6) is 0 Å². The van der Waals surface area contributed by atoms with Gasteiger partial charge in [-0.2, -0.15) is 0 Å². The molecule has 0 spiro atoms. The summed E-state index contributed by atoms with van der Waals surface area (Å²) in [5, 5.41) is 8.25. The Hall–Kier alpha value is -2.06. The van der Waals surface area contributed by atoms with E-state index in [1.165, 1.54) is 0 Å². The molecule has 112 valence electrons. The summed E-state index contributed by atoms with van der Waals surface area (Å²) in [7, 11) is 0. The number of aromatic nitrogens is 5. The Bertz CT molecular complexity index is 546. The fourth-order valence-corrected chi connectivity index (χ4v) is 2.44. The van der Waals surface area contributed by atoms with Crippen LogP contribution >= 0.6 is 0 Å². The van der Waals surface area contributed by atoms with Gasteiger partial charge in [0.05, 0.1) is 12.2 Å². The van der Waals surface area contributed by atoms with E-state index in [2.05, 4.69) is 30.1 Å². The van der Waals surface area contributed by atoms with E-state index in [0.29, 0.717) is 13.1 Å². The number of hydrogen-bond acceptors (Lipinski definition) is 7. The molecule has 1 aliphatic heterocycles. The van der Waals surface area contributed by atoms with Crippen molar-refractivity contribution in [1.29, 1.82) is 0 Å². The van der Waals surface area contributed by atoms with Crippen molar-refractivity contribution >= 4 is 5.95 Å². The Morgan fingerprint density at radius 1 is 1.10 bits per heavy atom. The molecule has 0 bridgehead atoms. The van der Waals surface area contributed by atoms with Gasteiger partial charge in [-0.3, -0.25) is 9.58 Å². The summed E-state index contributed by atoms with van der Waals surface area (Å²) < 4.78 is 1.80. The van der Waals surface area contributed by atoms with Crippen molar-refractivity contribution < 1.29 is 0 Å². The molecule has 1 saturated heterocycles. The van der Waals surface area contributed by atoms with Crippen molar-refractivity contribution in [1.82, 2.24) is 29.9 Å². The van der Waals surface area contributed by atoms with Crippen LogP contribution < -0.4 is 10.6 Å². The van der Waals surface area contributed by atoms with Gasteiger partial charge in [-0.05, 0) is 6.07 Å². The third kappa shape index (κ3) is 3.53. The topological polar surface area (TPSA) is 89.0 Å². The van der Waals surface area contributed by atoms with Crippen LogP contribution in [0, 0.1) is 0 Å². The second-order valence-electron chi connectivity index (χ2n) is 5.07. The second kappa shape index (κ2) is 6.59. The summed E-state index contributed by atoms with van der Waals surface area (Å²) in [4.78, 5) is 13.2. The predicted octanol–water partition coefficient (Wildman–Crippen LogP) is -0.651. The zero-order valence-electron chi connectivity index (χ0n) is 12.0. The summed E-state index contributed by atoms with van der Waals surface area (Å²) in [5.41, 5.74) is 6.50. The van der Waals surface area contributed by atoms with Crippen molar-refractivity contribution in [2.45, 2.75) is 13.1 Å². The summed E-state index contributed by atoms with van der Waals surface area (Å²) >= 11 is 0. The van der Waals surface area contributed by atoms with Gasteiger partial charge in [-0.1, -0.05) is 5.21 Å². The zero-order valence-corrected chi connectivity index (χ0v) is 12.0. The number of nitrogens with two attached hydrogens (primary N) is 1. The van der Waals surface area contributed by atoms with E-state index < -0.39 is 0 Å². The number of piperazine rings is 1. The van der Waals surface area contributed by atoms with Crippen molar-refractivity contribution in [2.75, 3.05) is 37.6 Å². The van der Waals surface area contributed by atoms with Gasteiger partial charge in [0.2, 0.25) is 5.95 Å². The summed E-state index contributed by atoms with van der Waals surface area (Å²) in [6.45, 7) is 5.94. The molecule has 0 aromatic carbocycles. The van der Waals surface area contributed by atoms with E-state index >= 15 is 0 Å². The first-order valence-electron chi connectivity index (χ1n) is 7.18. The van der Waals surface area contributed by atoms with Gasteiger partial charge >= 0.3 is 0 Å². The van der Waals surface area contributed by atoms with Gasteiger partial charge < -0.3 is 10.6 Å². The molecule has 1 aliphatic rings. The Morgan fingerprint density at radius 2 is 1.86 bits per heavy atom. The van der Waals surface area contributed by atoms with Crippen LogP contribution in [-0.2, 0) is 13.1 Å². The molecule has 8 nitrogen and oxygen atoms in total. The molecule has 3 rings (SSSR count). The Kier molecular flexibility index (Phi) is 4.37. The molecule has 1 fully saturated rings. The lowest BCUT2D eigenvalue weighted by Gasteiger charge is -2.34. The number of rotatable bonds is 5. The third-order valence-corrected chi connectivity index (χ3v) is 3.54. The molecular weight excluding hydrogens is 268 g/mol. The molecular formula is C13H20N8. The highest BCUT2D eigenvalue weighted by Crippen LogP contribution is 2.11. The largest absolute Gasteiger partial charge is 0.338 e. The maximum absolute atomic E-state index is 5.51. The Balaban J connectivity index is 1.51. The van der Waals surface area contributed by atoms with Gasteiger partial charge in [-0.25, -0.2) is 9.97 Å². The standard InChI is InChI=1S/C13H20N8/c14-2-5-21-11-12(17-18-21)10-19-6-8-20(9-7-19)13-15-3-1-4-16-13/h1,3-4,11H,2,5-10,14H2. The lowest BCUT2D eigenvalue weighted by Crippen LogP contribution is -2.46. The number of anilines is 1. The van der Waals surface area contributed by atoms with Crippen LogP contribution in [0.25, 0.3) is 0 Å². The van der Waals surface area contributed by atoms with Crippen LogP contribution in [0.4, 0.5) is 5.95 Å². The lowest BCUT2D eigenvalue weighted by molar-refractivity contribution is 0.246. The van der Waals surface area contributed by atoms with Gasteiger partial charge in [0.1, 0.15) is 0 Å².